The van der Waals surface area contributed by atoms with Gasteiger partial charge in [0.05, 0.1) is 25.9 Å². The van der Waals surface area contributed by atoms with E-state index in [1.54, 1.807) is 12.2 Å². The van der Waals surface area contributed by atoms with Gasteiger partial charge in [-0.3, -0.25) is 23.4 Å². The number of esters is 2. The number of hydrogen-bond donors (Lipinski definition) is 4. The summed E-state index contributed by atoms with van der Waals surface area (Å²) < 4.78 is 32.7. The third-order valence-electron chi connectivity index (χ3n) is 9.70. The number of carbonyl (C=O) groups is 3. The van der Waals surface area contributed by atoms with Crippen LogP contribution in [0, 0.1) is 11.8 Å². The Bertz CT molecular complexity index is 1230. The Labute approximate surface area is 342 Å². The molecule has 57 heavy (non-hydrogen) atoms. The van der Waals surface area contributed by atoms with Crippen LogP contribution < -0.4 is 0 Å². The van der Waals surface area contributed by atoms with Gasteiger partial charge in [-0.2, -0.15) is 0 Å². The van der Waals surface area contributed by atoms with E-state index in [0.717, 1.165) is 51.4 Å². The number of ether oxygens (including phenoxy) is 2. The first-order chi connectivity index (χ1) is 27.5. The fourth-order valence-corrected chi connectivity index (χ4v) is 7.00. The van der Waals surface area contributed by atoms with E-state index in [-0.39, 0.29) is 30.5 Å². The minimum atomic E-state index is -4.67. The van der Waals surface area contributed by atoms with Crippen LogP contribution in [0.2, 0.25) is 0 Å². The van der Waals surface area contributed by atoms with E-state index in [4.69, 9.17) is 19.1 Å². The molecule has 0 fully saturated rings. The molecule has 0 saturated carbocycles. The zero-order chi connectivity index (χ0) is 42.0. The van der Waals surface area contributed by atoms with E-state index in [0.29, 0.717) is 32.1 Å². The molecule has 0 aromatic rings. The summed E-state index contributed by atoms with van der Waals surface area (Å²) in [6, 6.07) is 0. The van der Waals surface area contributed by atoms with Gasteiger partial charge in [-0.05, 0) is 69.8 Å². The summed E-state index contributed by atoms with van der Waals surface area (Å²) in [6.07, 6.45) is 32.7. The molecule has 1 aliphatic carbocycles. The molecule has 0 aliphatic heterocycles. The standard InChI is InChI=1S/C44H75O12P/c1-3-5-7-8-9-10-11-12-13-14-15-16-17-18-24-28-44(50)56-40(36-55-57(51,52)54-34-39(47)33-45)35-53-43(49)27-23-20-19-22-25-37-29-32-42(48)41(37)31-30-38(46)26-21-6-4-2/h10-11,19,22,29-32,37-41,45-47H,3-9,12-18,20-21,23-28,33-36H2,1-2H3,(H,51,52)/b11-10-,22-19-,31-30+/t37-,38-,39-,40+,41+/m0/s1. The number of phosphoric acid groups is 1. The highest BCUT2D eigenvalue weighted by Crippen LogP contribution is 2.43. The van der Waals surface area contributed by atoms with Gasteiger partial charge in [0.25, 0.3) is 0 Å². The van der Waals surface area contributed by atoms with Crippen molar-refractivity contribution in [2.24, 2.45) is 11.8 Å². The van der Waals surface area contributed by atoms with Crippen molar-refractivity contribution in [1.29, 1.82) is 0 Å². The average Bonchev–Trinajstić information content (AvgIpc) is 3.55. The fraction of sp³-hybridized carbons (Fsp3) is 0.750. The Morgan fingerprint density at radius 3 is 2.02 bits per heavy atom. The molecular formula is C44H75O12P. The van der Waals surface area contributed by atoms with Gasteiger partial charge in [0.1, 0.15) is 12.7 Å². The first kappa shape index (κ1) is 52.6. The zero-order valence-electron chi connectivity index (χ0n) is 34.9. The van der Waals surface area contributed by atoms with Gasteiger partial charge in [0.2, 0.25) is 0 Å². The highest BCUT2D eigenvalue weighted by atomic mass is 31.2. The largest absolute Gasteiger partial charge is 0.472 e. The lowest BCUT2D eigenvalue weighted by atomic mass is 9.90. The molecule has 1 rings (SSSR count). The number of aliphatic hydroxyl groups excluding tert-OH is 3. The van der Waals surface area contributed by atoms with E-state index < -0.39 is 64.5 Å². The van der Waals surface area contributed by atoms with Gasteiger partial charge in [-0.25, -0.2) is 4.57 Å². The van der Waals surface area contributed by atoms with Crippen LogP contribution in [0.3, 0.4) is 0 Å². The number of hydrogen-bond acceptors (Lipinski definition) is 11. The maximum Gasteiger partial charge on any atom is 0.472 e. The number of allylic oxidation sites excluding steroid dienone is 7. The SMILES string of the molecule is CCCCCC/C=C\CCCCCCCCCC(=O)O[C@H](COC(=O)CCC/C=C\C[C@H]1C=CC(=O)[C@@H]1/C=C/[C@@H](O)CCCCC)COP(=O)(O)OC[C@@H](O)CO. The van der Waals surface area contributed by atoms with Crippen molar-refractivity contribution in [3.8, 4) is 0 Å². The summed E-state index contributed by atoms with van der Waals surface area (Å²) in [7, 11) is -4.67. The monoisotopic (exact) mass is 826 g/mol. The minimum Gasteiger partial charge on any atom is -0.462 e. The summed E-state index contributed by atoms with van der Waals surface area (Å²) >= 11 is 0. The Morgan fingerprint density at radius 2 is 1.33 bits per heavy atom. The number of phosphoric ester groups is 1. The van der Waals surface area contributed by atoms with E-state index >= 15 is 0 Å². The molecule has 13 heteroatoms. The number of aliphatic hydroxyl groups is 3. The van der Waals surface area contributed by atoms with E-state index in [1.807, 2.05) is 24.3 Å². The normalized spacial score (nSPS) is 18.5. The lowest BCUT2D eigenvalue weighted by Gasteiger charge is -2.20. The molecule has 12 nitrogen and oxygen atoms in total. The Morgan fingerprint density at radius 1 is 0.754 bits per heavy atom. The summed E-state index contributed by atoms with van der Waals surface area (Å²) in [4.78, 5) is 47.5. The molecular weight excluding hydrogens is 751 g/mol. The molecule has 1 unspecified atom stereocenters. The van der Waals surface area contributed by atoms with Crippen LogP contribution in [-0.2, 0) is 37.5 Å². The van der Waals surface area contributed by atoms with Gasteiger partial charge >= 0.3 is 19.8 Å². The zero-order valence-corrected chi connectivity index (χ0v) is 35.8. The van der Waals surface area contributed by atoms with Crippen LogP contribution in [-0.4, -0.2) is 82.7 Å². The van der Waals surface area contributed by atoms with Crippen LogP contribution in [0.5, 0.6) is 0 Å². The van der Waals surface area contributed by atoms with Crippen molar-refractivity contribution in [3.63, 3.8) is 0 Å². The third kappa shape index (κ3) is 29.4. The molecule has 0 amide bonds. The first-order valence-corrected chi connectivity index (χ1v) is 23.1. The Balaban J connectivity index is 2.44. The highest BCUT2D eigenvalue weighted by Gasteiger charge is 2.28. The van der Waals surface area contributed by atoms with Crippen molar-refractivity contribution in [2.45, 2.75) is 173 Å². The smallest absolute Gasteiger partial charge is 0.462 e. The lowest BCUT2D eigenvalue weighted by molar-refractivity contribution is -0.161. The molecule has 0 radical (unpaired) electrons. The molecule has 0 heterocycles. The lowest BCUT2D eigenvalue weighted by Crippen LogP contribution is -2.29. The summed E-state index contributed by atoms with van der Waals surface area (Å²) in [5, 5.41) is 28.6. The highest BCUT2D eigenvalue weighted by molar-refractivity contribution is 7.47. The van der Waals surface area contributed by atoms with Crippen molar-refractivity contribution >= 4 is 25.5 Å². The van der Waals surface area contributed by atoms with Crippen LogP contribution in [0.4, 0.5) is 0 Å². The maximum atomic E-state index is 12.6. The van der Waals surface area contributed by atoms with Gasteiger partial charge in [-0.1, -0.05) is 127 Å². The third-order valence-corrected chi connectivity index (χ3v) is 10.7. The number of ketones is 1. The van der Waals surface area contributed by atoms with Crippen molar-refractivity contribution in [1.82, 2.24) is 0 Å². The number of rotatable bonds is 37. The first-order valence-electron chi connectivity index (χ1n) is 21.7. The van der Waals surface area contributed by atoms with E-state index in [2.05, 4.69) is 30.5 Å². The van der Waals surface area contributed by atoms with Crippen molar-refractivity contribution in [3.05, 3.63) is 48.6 Å². The minimum absolute atomic E-state index is 0.0105. The summed E-state index contributed by atoms with van der Waals surface area (Å²) in [5.74, 6) is -1.34. The molecule has 0 bridgehead atoms. The molecule has 6 atom stereocenters. The predicted molar refractivity (Wildman–Crippen MR) is 223 cm³/mol. The second kappa shape index (κ2) is 34.4. The van der Waals surface area contributed by atoms with Crippen LogP contribution in [0.25, 0.3) is 0 Å². The van der Waals surface area contributed by atoms with Crippen LogP contribution in [0.15, 0.2) is 48.6 Å². The molecule has 0 spiro atoms. The molecule has 328 valence electrons. The molecule has 0 saturated heterocycles. The van der Waals surface area contributed by atoms with E-state index in [9.17, 15) is 34.1 Å². The molecule has 4 N–H and O–H groups in total. The Kier molecular flexibility index (Phi) is 31.8. The van der Waals surface area contributed by atoms with Crippen LogP contribution >= 0.6 is 7.82 Å². The molecule has 0 aromatic heterocycles. The van der Waals surface area contributed by atoms with Gasteiger partial charge in [0, 0.05) is 18.8 Å². The number of carbonyl (C=O) groups excluding carboxylic acids is 3. The predicted octanol–water partition coefficient (Wildman–Crippen LogP) is 8.95. The molecule has 0 aromatic carbocycles. The fourth-order valence-electron chi connectivity index (χ4n) is 6.21. The van der Waals surface area contributed by atoms with Gasteiger partial charge in [-0.15, -0.1) is 0 Å². The number of unbranched alkanes of at least 4 members (excludes halogenated alkanes) is 14. The van der Waals surface area contributed by atoms with Crippen molar-refractivity contribution < 1.29 is 57.7 Å². The van der Waals surface area contributed by atoms with Gasteiger partial charge < -0.3 is 29.7 Å². The van der Waals surface area contributed by atoms with Crippen molar-refractivity contribution in [2.75, 3.05) is 26.4 Å². The van der Waals surface area contributed by atoms with Gasteiger partial charge in [0.15, 0.2) is 11.9 Å². The maximum absolute atomic E-state index is 12.6. The topological polar surface area (TPSA) is 186 Å². The molecule has 1 aliphatic rings. The quantitative estimate of drug-likeness (QED) is 0.0202. The summed E-state index contributed by atoms with van der Waals surface area (Å²) in [6.45, 7) is 2.03. The summed E-state index contributed by atoms with van der Waals surface area (Å²) in [5.41, 5.74) is 0. The second-order valence-electron chi connectivity index (χ2n) is 15.0. The average molecular weight is 827 g/mol. The Hall–Kier alpha value is -2.44. The van der Waals surface area contributed by atoms with Crippen LogP contribution in [0.1, 0.15) is 155 Å². The van der Waals surface area contributed by atoms with E-state index in [1.165, 1.54) is 44.9 Å². The second-order valence-corrected chi connectivity index (χ2v) is 16.5.